The van der Waals surface area contributed by atoms with Gasteiger partial charge in [-0.25, -0.2) is 13.4 Å². The molecule has 0 bridgehead atoms. The van der Waals surface area contributed by atoms with Crippen molar-refractivity contribution in [3.05, 3.63) is 28.2 Å². The van der Waals surface area contributed by atoms with Crippen molar-refractivity contribution >= 4 is 54.9 Å². The molecule has 0 saturated carbocycles. The number of benzene rings is 1. The Labute approximate surface area is 177 Å². The van der Waals surface area contributed by atoms with Crippen molar-refractivity contribution in [2.45, 2.75) is 32.2 Å². The molecule has 0 aromatic heterocycles. The van der Waals surface area contributed by atoms with Crippen LogP contribution in [0.1, 0.15) is 24.8 Å². The van der Waals surface area contributed by atoms with Crippen molar-refractivity contribution in [2.24, 2.45) is 5.10 Å². The second kappa shape index (κ2) is 8.62. The fourth-order valence-corrected chi connectivity index (χ4v) is 5.12. The van der Waals surface area contributed by atoms with Crippen molar-refractivity contribution in [3.63, 3.8) is 0 Å². The Bertz CT molecular complexity index is 992. The molecule has 1 unspecified atom stereocenters. The topological polar surface area (TPSA) is 125 Å². The van der Waals surface area contributed by atoms with E-state index in [1.807, 2.05) is 13.0 Å². The number of rotatable bonds is 5. The lowest BCUT2D eigenvalue weighted by atomic mass is 10.1. The zero-order valence-electron chi connectivity index (χ0n) is 15.8. The van der Waals surface area contributed by atoms with Crippen LogP contribution < -0.4 is 10.6 Å². The summed E-state index contributed by atoms with van der Waals surface area (Å²) in [5.74, 6) is -1.39. The van der Waals surface area contributed by atoms with Crippen molar-refractivity contribution in [1.29, 1.82) is 0 Å². The summed E-state index contributed by atoms with van der Waals surface area (Å²) in [5.41, 5.74) is 1.68. The number of amides is 3. The van der Waals surface area contributed by atoms with Crippen LogP contribution in [-0.4, -0.2) is 61.0 Å². The number of aryl methyl sites for hydroxylation is 1. The third kappa shape index (κ3) is 5.41. The quantitative estimate of drug-likeness (QED) is 0.644. The van der Waals surface area contributed by atoms with E-state index < -0.39 is 27.7 Å². The van der Waals surface area contributed by atoms with E-state index in [1.54, 1.807) is 12.1 Å². The van der Waals surface area contributed by atoms with E-state index in [9.17, 15) is 22.8 Å². The fraction of sp³-hybridized carbons (Fsp3) is 0.444. The zero-order valence-corrected chi connectivity index (χ0v) is 18.2. The molecule has 0 radical (unpaired) electrons. The van der Waals surface area contributed by atoms with E-state index in [2.05, 4.69) is 31.7 Å². The van der Waals surface area contributed by atoms with Gasteiger partial charge in [-0.15, -0.1) is 0 Å². The molecule has 1 atom stereocenters. The normalized spacial score (nSPS) is 20.9. The van der Waals surface area contributed by atoms with Gasteiger partial charge in [0.15, 0.2) is 9.84 Å². The van der Waals surface area contributed by atoms with E-state index in [-0.39, 0.29) is 42.5 Å². The highest BCUT2D eigenvalue weighted by Crippen LogP contribution is 2.22. The summed E-state index contributed by atoms with van der Waals surface area (Å²) in [6, 6.07) is 4.81. The number of nitrogens with zero attached hydrogens (tertiary/aromatic N) is 2. The summed E-state index contributed by atoms with van der Waals surface area (Å²) in [6.07, 6.45) is 0.531. The van der Waals surface area contributed by atoms with Crippen LogP contribution in [0.3, 0.4) is 0 Å². The van der Waals surface area contributed by atoms with Gasteiger partial charge in [-0.3, -0.25) is 14.4 Å². The van der Waals surface area contributed by atoms with Gasteiger partial charge in [0.1, 0.15) is 5.71 Å². The number of nitrogens with one attached hydrogen (secondary N) is 2. The number of halogens is 1. The lowest BCUT2D eigenvalue weighted by molar-refractivity contribution is -0.133. The average molecular weight is 485 g/mol. The number of carbonyl (C=O) groups excluding carboxylic acids is 3. The summed E-state index contributed by atoms with van der Waals surface area (Å²) < 4.78 is 24.2. The van der Waals surface area contributed by atoms with Crippen molar-refractivity contribution in [1.82, 2.24) is 10.3 Å². The SMILES string of the molecule is Cc1cc(NC(=O)CNC(=O)C2=NN(C3CCS(=O)(=O)C3)C(=O)CC2)ccc1Br. The molecule has 11 heteroatoms. The molecule has 2 aliphatic heterocycles. The molecule has 3 amide bonds. The molecular weight excluding hydrogens is 464 g/mol. The molecule has 1 fully saturated rings. The van der Waals surface area contributed by atoms with Crippen LogP contribution in [0, 0.1) is 6.92 Å². The lowest BCUT2D eigenvalue weighted by Gasteiger charge is -2.27. The summed E-state index contributed by atoms with van der Waals surface area (Å²) in [6.45, 7) is 1.64. The lowest BCUT2D eigenvalue weighted by Crippen LogP contribution is -2.45. The van der Waals surface area contributed by atoms with Crippen molar-refractivity contribution in [2.75, 3.05) is 23.4 Å². The minimum Gasteiger partial charge on any atom is -0.342 e. The van der Waals surface area contributed by atoms with Crippen LogP contribution in [0.4, 0.5) is 5.69 Å². The van der Waals surface area contributed by atoms with Gasteiger partial charge >= 0.3 is 0 Å². The second-order valence-corrected chi connectivity index (χ2v) is 10.1. The Morgan fingerprint density at radius 3 is 2.72 bits per heavy atom. The van der Waals surface area contributed by atoms with Gasteiger partial charge in [-0.1, -0.05) is 15.9 Å². The molecule has 1 aromatic carbocycles. The Hall–Kier alpha value is -2.27. The third-order valence-electron chi connectivity index (χ3n) is 4.73. The largest absolute Gasteiger partial charge is 0.342 e. The molecule has 0 spiro atoms. The molecule has 0 aliphatic carbocycles. The van der Waals surface area contributed by atoms with Crippen LogP contribution in [0.25, 0.3) is 0 Å². The van der Waals surface area contributed by atoms with Gasteiger partial charge < -0.3 is 10.6 Å². The number of hydrazone groups is 1. The van der Waals surface area contributed by atoms with Crippen LogP contribution in [0.15, 0.2) is 27.8 Å². The van der Waals surface area contributed by atoms with Gasteiger partial charge in [0, 0.05) is 23.0 Å². The molecule has 1 saturated heterocycles. The van der Waals surface area contributed by atoms with Crippen LogP contribution in [0.2, 0.25) is 0 Å². The molecular formula is C18H21BrN4O5S. The Morgan fingerprint density at radius 2 is 2.07 bits per heavy atom. The summed E-state index contributed by atoms with van der Waals surface area (Å²) in [7, 11) is -3.18. The summed E-state index contributed by atoms with van der Waals surface area (Å²) >= 11 is 3.38. The number of carbonyl (C=O) groups is 3. The second-order valence-electron chi connectivity index (χ2n) is 7.04. The maximum Gasteiger partial charge on any atom is 0.267 e. The van der Waals surface area contributed by atoms with E-state index in [4.69, 9.17) is 0 Å². The van der Waals surface area contributed by atoms with Crippen molar-refractivity contribution < 1.29 is 22.8 Å². The first-order valence-electron chi connectivity index (χ1n) is 9.09. The summed E-state index contributed by atoms with van der Waals surface area (Å²) in [5, 5.41) is 10.4. The monoisotopic (exact) mass is 484 g/mol. The zero-order chi connectivity index (χ0) is 21.2. The minimum absolute atomic E-state index is 0.00813. The Morgan fingerprint density at radius 1 is 1.31 bits per heavy atom. The summed E-state index contributed by atoms with van der Waals surface area (Å²) in [4.78, 5) is 36.6. The molecule has 29 heavy (non-hydrogen) atoms. The van der Waals surface area contributed by atoms with Gasteiger partial charge in [0.05, 0.1) is 24.1 Å². The van der Waals surface area contributed by atoms with Crippen LogP contribution in [-0.2, 0) is 24.2 Å². The highest BCUT2D eigenvalue weighted by Gasteiger charge is 2.37. The van der Waals surface area contributed by atoms with Crippen LogP contribution in [0.5, 0.6) is 0 Å². The maximum atomic E-state index is 12.4. The highest BCUT2D eigenvalue weighted by atomic mass is 79.9. The van der Waals surface area contributed by atoms with E-state index in [0.717, 1.165) is 15.0 Å². The molecule has 1 aromatic rings. The molecule has 2 N–H and O–H groups in total. The van der Waals surface area contributed by atoms with Crippen molar-refractivity contribution in [3.8, 4) is 0 Å². The molecule has 3 rings (SSSR count). The van der Waals surface area contributed by atoms with Gasteiger partial charge in [-0.2, -0.15) is 5.10 Å². The van der Waals surface area contributed by atoms with E-state index in [1.165, 1.54) is 0 Å². The Balaban J connectivity index is 1.58. The standard InChI is InChI=1S/C18H21BrN4O5S/c1-11-8-12(2-3-14(11)19)21-16(24)9-20-18(26)15-4-5-17(25)23(22-15)13-6-7-29(27,28)10-13/h2-3,8,13H,4-7,9-10H2,1H3,(H,20,26)(H,21,24). The third-order valence-corrected chi connectivity index (χ3v) is 7.37. The first-order valence-corrected chi connectivity index (χ1v) is 11.7. The molecule has 156 valence electrons. The van der Waals surface area contributed by atoms with E-state index >= 15 is 0 Å². The van der Waals surface area contributed by atoms with Gasteiger partial charge in [0.25, 0.3) is 5.91 Å². The first-order chi connectivity index (χ1) is 13.6. The highest BCUT2D eigenvalue weighted by molar-refractivity contribution is 9.10. The Kier molecular flexibility index (Phi) is 6.37. The molecule has 2 heterocycles. The minimum atomic E-state index is -3.18. The smallest absolute Gasteiger partial charge is 0.267 e. The van der Waals surface area contributed by atoms with Gasteiger partial charge in [0.2, 0.25) is 11.8 Å². The number of sulfone groups is 1. The predicted molar refractivity (Wildman–Crippen MR) is 111 cm³/mol. The molecule has 9 nitrogen and oxygen atoms in total. The number of hydrogen-bond donors (Lipinski definition) is 2. The number of hydrogen-bond acceptors (Lipinski definition) is 6. The average Bonchev–Trinajstić information content (AvgIpc) is 3.03. The van der Waals surface area contributed by atoms with Gasteiger partial charge in [-0.05, 0) is 37.1 Å². The fourth-order valence-electron chi connectivity index (χ4n) is 3.18. The first kappa shape index (κ1) is 21.4. The maximum absolute atomic E-state index is 12.4. The predicted octanol–water partition coefficient (Wildman–Crippen LogP) is 0.978. The van der Waals surface area contributed by atoms with E-state index in [0.29, 0.717) is 12.1 Å². The molecule has 2 aliphatic rings. The number of anilines is 1. The van der Waals surface area contributed by atoms with Crippen LogP contribution >= 0.6 is 15.9 Å².